The van der Waals surface area contributed by atoms with E-state index >= 15 is 0 Å². The molecule has 0 fully saturated rings. The van der Waals surface area contributed by atoms with Gasteiger partial charge < -0.3 is 9.94 Å². The fourth-order valence-corrected chi connectivity index (χ4v) is 1.53. The minimum atomic E-state index is -0.478. The predicted octanol–water partition coefficient (Wildman–Crippen LogP) is 1.78. The van der Waals surface area contributed by atoms with E-state index in [-0.39, 0.29) is 24.6 Å². The Balaban J connectivity index is 0.00000225. The lowest BCUT2D eigenvalue weighted by atomic mass is 10.0. The van der Waals surface area contributed by atoms with E-state index in [0.717, 1.165) is 16.7 Å². The number of halogens is 1. The minimum absolute atomic E-state index is 0. The lowest BCUT2D eigenvalue weighted by Gasteiger charge is -2.08. The Morgan fingerprint density at radius 3 is 2.62 bits per heavy atom. The van der Waals surface area contributed by atoms with Gasteiger partial charge in [-0.05, 0) is 31.4 Å². The van der Waals surface area contributed by atoms with Crippen LogP contribution in [0.3, 0.4) is 0 Å². The average molecular weight is 246 g/mol. The Morgan fingerprint density at radius 1 is 1.44 bits per heavy atom. The Hall–Kier alpha value is -1.26. The summed E-state index contributed by atoms with van der Waals surface area (Å²) in [5.41, 5.74) is 2.62. The van der Waals surface area contributed by atoms with E-state index in [4.69, 9.17) is 5.90 Å². The number of nitrogens with two attached hydrogens (primary N) is 1. The standard InChI is InChI=1S/C11H15NO3.ClH/c1-7-5-8(2)11(14)9(6-7)3-4-10(13)15-12;/h5-6,14H,3-4,12H2,1-2H3;1H. The van der Waals surface area contributed by atoms with Gasteiger partial charge in [0.05, 0.1) is 6.42 Å². The molecule has 0 aliphatic rings. The maximum Gasteiger partial charge on any atom is 0.324 e. The van der Waals surface area contributed by atoms with Crippen LogP contribution < -0.4 is 5.90 Å². The normalized spacial score (nSPS) is 9.44. The van der Waals surface area contributed by atoms with Crippen LogP contribution in [0.4, 0.5) is 0 Å². The molecule has 1 aromatic rings. The summed E-state index contributed by atoms with van der Waals surface area (Å²) in [5, 5.41) is 9.72. The van der Waals surface area contributed by atoms with E-state index in [1.165, 1.54) is 0 Å². The highest BCUT2D eigenvalue weighted by Gasteiger charge is 2.08. The second-order valence-corrected chi connectivity index (χ2v) is 3.58. The van der Waals surface area contributed by atoms with Gasteiger partial charge in [0.2, 0.25) is 0 Å². The molecule has 0 aliphatic heterocycles. The molecule has 90 valence electrons. The van der Waals surface area contributed by atoms with Crippen molar-refractivity contribution >= 4 is 18.4 Å². The molecule has 0 saturated carbocycles. The van der Waals surface area contributed by atoms with E-state index in [0.29, 0.717) is 6.42 Å². The Morgan fingerprint density at radius 2 is 2.06 bits per heavy atom. The van der Waals surface area contributed by atoms with E-state index in [9.17, 15) is 9.90 Å². The third kappa shape index (κ3) is 3.72. The van der Waals surface area contributed by atoms with Gasteiger partial charge in [0.1, 0.15) is 5.75 Å². The lowest BCUT2D eigenvalue weighted by molar-refractivity contribution is -0.144. The zero-order valence-corrected chi connectivity index (χ0v) is 10.1. The largest absolute Gasteiger partial charge is 0.507 e. The molecule has 3 N–H and O–H groups in total. The first-order chi connectivity index (χ1) is 7.04. The van der Waals surface area contributed by atoms with Crippen molar-refractivity contribution in [2.24, 2.45) is 5.90 Å². The lowest BCUT2D eigenvalue weighted by Crippen LogP contribution is -2.10. The number of carbonyl (C=O) groups excluding carboxylic acids is 1. The number of rotatable bonds is 3. The Kier molecular flexibility index (Phi) is 5.85. The first kappa shape index (κ1) is 14.7. The number of benzene rings is 1. The van der Waals surface area contributed by atoms with Crippen molar-refractivity contribution in [2.45, 2.75) is 26.7 Å². The van der Waals surface area contributed by atoms with Crippen molar-refractivity contribution < 1.29 is 14.7 Å². The molecule has 0 unspecified atom stereocenters. The van der Waals surface area contributed by atoms with Gasteiger partial charge in [-0.25, -0.2) is 0 Å². The highest BCUT2D eigenvalue weighted by atomic mass is 35.5. The summed E-state index contributed by atoms with van der Waals surface area (Å²) in [6.07, 6.45) is 0.608. The maximum absolute atomic E-state index is 10.8. The topological polar surface area (TPSA) is 72.5 Å². The van der Waals surface area contributed by atoms with Crippen molar-refractivity contribution in [2.75, 3.05) is 0 Å². The van der Waals surface area contributed by atoms with Gasteiger partial charge in [-0.3, -0.25) is 4.79 Å². The molecule has 0 amide bonds. The van der Waals surface area contributed by atoms with E-state index in [1.807, 2.05) is 26.0 Å². The third-order valence-corrected chi connectivity index (χ3v) is 2.25. The number of aryl methyl sites for hydroxylation is 3. The van der Waals surface area contributed by atoms with Crippen LogP contribution in [-0.2, 0) is 16.1 Å². The molecule has 5 heteroatoms. The monoisotopic (exact) mass is 245 g/mol. The number of phenolic OH excluding ortho intramolecular Hbond substituents is 1. The van der Waals surface area contributed by atoms with Crippen molar-refractivity contribution in [3.63, 3.8) is 0 Å². The van der Waals surface area contributed by atoms with Crippen molar-refractivity contribution in [3.8, 4) is 5.75 Å². The zero-order chi connectivity index (χ0) is 11.4. The average Bonchev–Trinajstić information content (AvgIpc) is 2.20. The van der Waals surface area contributed by atoms with Gasteiger partial charge in [0.25, 0.3) is 0 Å². The van der Waals surface area contributed by atoms with Crippen LogP contribution >= 0.6 is 12.4 Å². The number of aromatic hydroxyl groups is 1. The number of phenols is 1. The molecule has 0 bridgehead atoms. The number of hydrogen-bond acceptors (Lipinski definition) is 4. The van der Waals surface area contributed by atoms with Gasteiger partial charge >= 0.3 is 5.97 Å². The molecule has 0 heterocycles. The van der Waals surface area contributed by atoms with E-state index in [2.05, 4.69) is 4.84 Å². The van der Waals surface area contributed by atoms with Crippen molar-refractivity contribution in [1.82, 2.24) is 0 Å². The van der Waals surface area contributed by atoms with Crippen LogP contribution in [0.1, 0.15) is 23.1 Å². The molecule has 16 heavy (non-hydrogen) atoms. The van der Waals surface area contributed by atoms with Gasteiger partial charge in [0.15, 0.2) is 0 Å². The smallest absolute Gasteiger partial charge is 0.324 e. The van der Waals surface area contributed by atoms with Crippen LogP contribution in [0.15, 0.2) is 12.1 Å². The quantitative estimate of drug-likeness (QED) is 0.797. The van der Waals surface area contributed by atoms with E-state index < -0.39 is 5.97 Å². The Labute approximate surface area is 101 Å². The summed E-state index contributed by atoms with van der Waals surface area (Å²) in [7, 11) is 0. The molecule has 0 radical (unpaired) electrons. The Bertz CT molecular complexity index is 380. The van der Waals surface area contributed by atoms with Gasteiger partial charge in [0, 0.05) is 0 Å². The first-order valence-corrected chi connectivity index (χ1v) is 4.73. The summed E-state index contributed by atoms with van der Waals surface area (Å²) in [5.74, 6) is 4.48. The SMILES string of the molecule is Cc1cc(C)c(O)c(CCC(=O)ON)c1.Cl. The summed E-state index contributed by atoms with van der Waals surface area (Å²) in [4.78, 5) is 14.9. The third-order valence-electron chi connectivity index (χ3n) is 2.25. The van der Waals surface area contributed by atoms with Crippen LogP contribution in [0.5, 0.6) is 5.75 Å². The van der Waals surface area contributed by atoms with Gasteiger partial charge in [-0.1, -0.05) is 17.7 Å². The van der Waals surface area contributed by atoms with Crippen molar-refractivity contribution in [3.05, 3.63) is 28.8 Å². The van der Waals surface area contributed by atoms with Crippen LogP contribution in [0.2, 0.25) is 0 Å². The highest BCUT2D eigenvalue weighted by Crippen LogP contribution is 2.24. The fraction of sp³-hybridized carbons (Fsp3) is 0.364. The highest BCUT2D eigenvalue weighted by molar-refractivity contribution is 5.85. The van der Waals surface area contributed by atoms with Gasteiger partial charge in [-0.2, -0.15) is 5.90 Å². The predicted molar refractivity (Wildman–Crippen MR) is 63.4 cm³/mol. The molecular weight excluding hydrogens is 230 g/mol. The van der Waals surface area contributed by atoms with E-state index in [1.54, 1.807) is 0 Å². The number of hydrogen-bond donors (Lipinski definition) is 2. The van der Waals surface area contributed by atoms with Crippen LogP contribution in [0, 0.1) is 13.8 Å². The molecule has 4 nitrogen and oxygen atoms in total. The minimum Gasteiger partial charge on any atom is -0.507 e. The summed E-state index contributed by atoms with van der Waals surface area (Å²) in [6, 6.07) is 3.74. The molecular formula is C11H16ClNO3. The summed E-state index contributed by atoms with van der Waals surface area (Å²) < 4.78 is 0. The molecule has 0 spiro atoms. The second-order valence-electron chi connectivity index (χ2n) is 3.58. The zero-order valence-electron chi connectivity index (χ0n) is 9.32. The van der Waals surface area contributed by atoms with Crippen molar-refractivity contribution in [1.29, 1.82) is 0 Å². The fourth-order valence-electron chi connectivity index (χ4n) is 1.53. The molecule has 0 atom stereocenters. The molecule has 0 saturated heterocycles. The molecule has 0 aromatic heterocycles. The molecule has 0 aliphatic carbocycles. The first-order valence-electron chi connectivity index (χ1n) is 4.73. The van der Waals surface area contributed by atoms with Crippen LogP contribution in [-0.4, -0.2) is 11.1 Å². The summed E-state index contributed by atoms with van der Waals surface area (Å²) in [6.45, 7) is 3.77. The van der Waals surface area contributed by atoms with Crippen LogP contribution in [0.25, 0.3) is 0 Å². The molecule has 1 aromatic carbocycles. The molecule has 1 rings (SSSR count). The number of carbonyl (C=O) groups is 1. The maximum atomic E-state index is 10.8. The second kappa shape index (κ2) is 6.35. The summed E-state index contributed by atoms with van der Waals surface area (Å²) >= 11 is 0. The van der Waals surface area contributed by atoms with Gasteiger partial charge in [-0.15, -0.1) is 12.4 Å².